The molecule has 0 spiro atoms. The van der Waals surface area contributed by atoms with E-state index in [0.717, 1.165) is 63.7 Å². The molecule has 0 aromatic heterocycles. The zero-order valence-electron chi connectivity index (χ0n) is 32.5. The Morgan fingerprint density at radius 2 is 1.25 bits per heavy atom. The van der Waals surface area contributed by atoms with Crippen molar-refractivity contribution in [2.75, 3.05) is 26.4 Å². The number of allylic oxidation sites excluding steroid dienone is 4. The van der Waals surface area contributed by atoms with Crippen molar-refractivity contribution in [3.8, 4) is 0 Å². The third kappa shape index (κ3) is 35.2. The fourth-order valence-corrected chi connectivity index (χ4v) is 6.00. The summed E-state index contributed by atoms with van der Waals surface area (Å²) in [5.74, 6) is -0.196. The first-order valence-corrected chi connectivity index (χ1v) is 21.4. The Morgan fingerprint density at radius 1 is 0.692 bits per heavy atom. The van der Waals surface area contributed by atoms with Gasteiger partial charge in [-0.1, -0.05) is 141 Å². The molecule has 0 amide bonds. The van der Waals surface area contributed by atoms with Gasteiger partial charge in [-0.25, -0.2) is 4.57 Å². The number of carbonyl (C=O) groups excluding carboxylic acids is 2. The average Bonchev–Trinajstić information content (AvgIpc) is 3.11. The Balaban J connectivity index is 4.42. The summed E-state index contributed by atoms with van der Waals surface area (Å²) in [6.07, 6.45) is 28.8. The van der Waals surface area contributed by atoms with Crippen LogP contribution in [0.5, 0.6) is 0 Å². The van der Waals surface area contributed by atoms with Crippen molar-refractivity contribution in [1.29, 1.82) is 0 Å². The minimum atomic E-state index is -4.63. The molecule has 11 nitrogen and oxygen atoms in total. The molecule has 0 radical (unpaired) electrons. The second kappa shape index (κ2) is 34.9. The third-order valence-electron chi connectivity index (χ3n) is 8.32. The molecule has 0 heterocycles. The van der Waals surface area contributed by atoms with Gasteiger partial charge < -0.3 is 29.7 Å². The highest BCUT2D eigenvalue weighted by Crippen LogP contribution is 2.43. The maximum atomic E-state index is 12.6. The quantitative estimate of drug-likeness (QED) is 0.0158. The van der Waals surface area contributed by atoms with E-state index in [1.54, 1.807) is 6.08 Å². The van der Waals surface area contributed by atoms with Gasteiger partial charge in [-0.2, -0.15) is 0 Å². The third-order valence-corrected chi connectivity index (χ3v) is 9.27. The smallest absolute Gasteiger partial charge is 0.462 e. The first kappa shape index (κ1) is 50.1. The van der Waals surface area contributed by atoms with E-state index in [1.807, 2.05) is 24.3 Å². The first-order chi connectivity index (χ1) is 25.0. The Labute approximate surface area is 314 Å². The van der Waals surface area contributed by atoms with Crippen LogP contribution in [-0.4, -0.2) is 76.9 Å². The molecule has 0 rings (SSSR count). The van der Waals surface area contributed by atoms with E-state index in [0.29, 0.717) is 19.3 Å². The number of phosphoric ester groups is 1. The molecule has 0 saturated carbocycles. The Hall–Kier alpha value is -1.85. The summed E-state index contributed by atoms with van der Waals surface area (Å²) in [5.41, 5.74) is 0. The van der Waals surface area contributed by atoms with Crippen molar-refractivity contribution in [2.45, 2.75) is 174 Å². The molecule has 0 fully saturated rings. The Morgan fingerprint density at radius 3 is 1.85 bits per heavy atom. The summed E-state index contributed by atoms with van der Waals surface area (Å²) in [5, 5.41) is 28.1. The van der Waals surface area contributed by atoms with Gasteiger partial charge in [0, 0.05) is 12.8 Å². The molecule has 0 saturated heterocycles. The van der Waals surface area contributed by atoms with Crippen LogP contribution in [0, 0.1) is 5.92 Å². The summed E-state index contributed by atoms with van der Waals surface area (Å²) >= 11 is 0. The van der Waals surface area contributed by atoms with Gasteiger partial charge >= 0.3 is 19.8 Å². The van der Waals surface area contributed by atoms with Gasteiger partial charge in [0.1, 0.15) is 12.7 Å². The van der Waals surface area contributed by atoms with Gasteiger partial charge in [0.05, 0.1) is 25.9 Å². The van der Waals surface area contributed by atoms with Crippen LogP contribution < -0.4 is 0 Å². The van der Waals surface area contributed by atoms with E-state index in [-0.39, 0.29) is 19.4 Å². The van der Waals surface area contributed by atoms with E-state index < -0.39 is 57.9 Å². The van der Waals surface area contributed by atoms with Gasteiger partial charge in [0.2, 0.25) is 0 Å². The molecule has 0 aliphatic carbocycles. The predicted octanol–water partition coefficient (Wildman–Crippen LogP) is 8.83. The highest BCUT2D eigenvalue weighted by Gasteiger charge is 2.27. The highest BCUT2D eigenvalue weighted by atomic mass is 31.2. The van der Waals surface area contributed by atoms with Crippen LogP contribution in [0.2, 0.25) is 0 Å². The molecule has 12 heteroatoms. The second-order valence-electron chi connectivity index (χ2n) is 14.0. The fraction of sp³-hybridized carbons (Fsp3) is 0.800. The lowest BCUT2D eigenvalue weighted by molar-refractivity contribution is -0.161. The van der Waals surface area contributed by atoms with E-state index >= 15 is 0 Å². The lowest BCUT2D eigenvalue weighted by Crippen LogP contribution is -2.29. The maximum Gasteiger partial charge on any atom is 0.472 e. The van der Waals surface area contributed by atoms with Gasteiger partial charge in [0.15, 0.2) is 6.10 Å². The topological polar surface area (TPSA) is 169 Å². The van der Waals surface area contributed by atoms with Gasteiger partial charge in [-0.15, -0.1) is 0 Å². The van der Waals surface area contributed by atoms with Crippen molar-refractivity contribution in [3.05, 3.63) is 36.5 Å². The summed E-state index contributed by atoms with van der Waals surface area (Å²) in [6, 6.07) is 0. The number of aliphatic hydroxyl groups is 3. The minimum Gasteiger partial charge on any atom is -0.462 e. The lowest BCUT2D eigenvalue weighted by Gasteiger charge is -2.20. The van der Waals surface area contributed by atoms with Crippen LogP contribution in [-0.2, 0) is 32.7 Å². The monoisotopic (exact) mass is 760 g/mol. The molecule has 0 aromatic rings. The van der Waals surface area contributed by atoms with Crippen LogP contribution in [0.15, 0.2) is 36.5 Å². The van der Waals surface area contributed by atoms with E-state index in [9.17, 15) is 29.3 Å². The van der Waals surface area contributed by atoms with Gasteiger partial charge in [-0.3, -0.25) is 18.6 Å². The number of phosphoric acid groups is 1. The normalized spacial score (nSPS) is 15.1. The van der Waals surface area contributed by atoms with Crippen molar-refractivity contribution >= 4 is 19.8 Å². The minimum absolute atomic E-state index is 0.138. The molecule has 52 heavy (non-hydrogen) atoms. The van der Waals surface area contributed by atoms with Gasteiger partial charge in [0.25, 0.3) is 0 Å². The number of ether oxygens (including phenoxy) is 2. The van der Waals surface area contributed by atoms with E-state index in [4.69, 9.17) is 19.1 Å². The fourth-order valence-electron chi connectivity index (χ4n) is 5.21. The molecular weight excluding hydrogens is 687 g/mol. The number of unbranched alkanes of at least 4 members (excludes halogenated alkanes) is 14. The lowest BCUT2D eigenvalue weighted by atomic mass is 10.0. The summed E-state index contributed by atoms with van der Waals surface area (Å²) in [6.45, 7) is 4.41. The van der Waals surface area contributed by atoms with Crippen LogP contribution in [0.1, 0.15) is 156 Å². The van der Waals surface area contributed by atoms with Crippen LogP contribution in [0.4, 0.5) is 0 Å². The SMILES string of the molecule is CC/C=C/CC(O)/C=C/C=C/CCCCCCCC(=O)O[C@H](COC(=O)CCCCCCCCCCCCC(C)C)COP(=O)(O)OC[C@@H](O)CO. The Bertz CT molecular complexity index is 998. The van der Waals surface area contributed by atoms with Crippen molar-refractivity contribution in [2.24, 2.45) is 5.92 Å². The summed E-state index contributed by atoms with van der Waals surface area (Å²) in [4.78, 5) is 34.9. The van der Waals surface area contributed by atoms with Crippen LogP contribution in [0.3, 0.4) is 0 Å². The molecular formula is C40H73O11P. The molecule has 0 aliphatic heterocycles. The second-order valence-corrected chi connectivity index (χ2v) is 15.4. The molecule has 0 bridgehead atoms. The number of aliphatic hydroxyl groups excluding tert-OH is 3. The summed E-state index contributed by atoms with van der Waals surface area (Å²) < 4.78 is 32.6. The number of carbonyl (C=O) groups is 2. The van der Waals surface area contributed by atoms with Crippen LogP contribution in [0.25, 0.3) is 0 Å². The van der Waals surface area contributed by atoms with E-state index in [1.165, 1.54) is 44.9 Å². The van der Waals surface area contributed by atoms with Gasteiger partial charge in [-0.05, 0) is 44.4 Å². The number of rotatable bonds is 36. The predicted molar refractivity (Wildman–Crippen MR) is 207 cm³/mol. The zero-order valence-corrected chi connectivity index (χ0v) is 33.4. The average molecular weight is 761 g/mol. The largest absolute Gasteiger partial charge is 0.472 e. The number of hydrogen-bond acceptors (Lipinski definition) is 10. The molecule has 0 aliphatic rings. The van der Waals surface area contributed by atoms with Crippen molar-refractivity contribution in [3.63, 3.8) is 0 Å². The number of esters is 2. The van der Waals surface area contributed by atoms with E-state index in [2.05, 4.69) is 31.4 Å². The highest BCUT2D eigenvalue weighted by molar-refractivity contribution is 7.47. The maximum absolute atomic E-state index is 12.6. The van der Waals surface area contributed by atoms with Crippen molar-refractivity contribution < 1.29 is 52.9 Å². The molecule has 304 valence electrons. The Kier molecular flexibility index (Phi) is 33.6. The van der Waals surface area contributed by atoms with Crippen molar-refractivity contribution in [1.82, 2.24) is 0 Å². The molecule has 4 N–H and O–H groups in total. The molecule has 0 aromatic carbocycles. The molecule has 2 unspecified atom stereocenters. The molecule has 4 atom stereocenters. The summed E-state index contributed by atoms with van der Waals surface area (Å²) in [7, 11) is -4.63. The first-order valence-electron chi connectivity index (χ1n) is 19.9. The zero-order chi connectivity index (χ0) is 38.7. The number of hydrogen-bond donors (Lipinski definition) is 4. The van der Waals surface area contributed by atoms with Crippen LogP contribution >= 0.6 is 7.82 Å². The standard InChI is InChI=1S/C40H73O11P/c1-4-5-21-27-36(42)28-23-18-14-10-8-12-16-20-25-30-40(45)51-38(34-50-52(46,47)49-32-37(43)31-41)33-48-39(44)29-24-19-15-11-7-6-9-13-17-22-26-35(2)3/h5,14,18,21,23,28,35-38,41-43H,4,6-13,15-17,19-20,22,24-27,29-34H2,1-3H3,(H,46,47)/b18-14+,21-5+,28-23+/t36?,37-,38+/m0/s1.